The molecule has 1 heterocycles. The van der Waals surface area contributed by atoms with Crippen LogP contribution in [0.1, 0.15) is 25.7 Å². The van der Waals surface area contributed by atoms with E-state index in [2.05, 4.69) is 10.1 Å². The molecule has 0 bridgehead atoms. The van der Waals surface area contributed by atoms with Crippen LogP contribution in [-0.2, 0) is 6.42 Å². The third kappa shape index (κ3) is 3.79. The van der Waals surface area contributed by atoms with Crippen LogP contribution in [0.3, 0.4) is 0 Å². The summed E-state index contributed by atoms with van der Waals surface area (Å²) >= 11 is 0. The second kappa shape index (κ2) is 6.33. The summed E-state index contributed by atoms with van der Waals surface area (Å²) in [5.41, 5.74) is 6.59. The Kier molecular flexibility index (Phi) is 4.52. The van der Waals surface area contributed by atoms with E-state index in [-0.39, 0.29) is 6.04 Å². The first-order valence-corrected chi connectivity index (χ1v) is 6.41. The number of aryl methyl sites for hydroxylation is 1. The van der Waals surface area contributed by atoms with Gasteiger partial charge in [-0.2, -0.15) is 4.98 Å². The van der Waals surface area contributed by atoms with Gasteiger partial charge in [0.1, 0.15) is 5.75 Å². The minimum absolute atomic E-state index is 0.209. The van der Waals surface area contributed by atoms with E-state index in [1.807, 2.05) is 31.2 Å². The average Bonchev–Trinajstić information content (AvgIpc) is 2.87. The molecule has 1 aromatic carbocycles. The number of ether oxygens (including phenoxy) is 1. The summed E-state index contributed by atoms with van der Waals surface area (Å²) in [6, 6.07) is 7.81. The summed E-state index contributed by atoms with van der Waals surface area (Å²) in [5, 5.41) is 3.99. The van der Waals surface area contributed by atoms with E-state index in [4.69, 9.17) is 15.0 Å². The zero-order valence-corrected chi connectivity index (χ0v) is 11.3. The van der Waals surface area contributed by atoms with Crippen LogP contribution in [0.25, 0.3) is 11.4 Å². The molecule has 0 amide bonds. The van der Waals surface area contributed by atoms with Gasteiger partial charge in [-0.05, 0) is 31.9 Å². The molecule has 1 unspecified atom stereocenters. The van der Waals surface area contributed by atoms with E-state index in [0.717, 1.165) is 30.6 Å². The fourth-order valence-corrected chi connectivity index (χ4v) is 1.81. The van der Waals surface area contributed by atoms with E-state index in [9.17, 15) is 0 Å². The van der Waals surface area contributed by atoms with Crippen molar-refractivity contribution in [1.82, 2.24) is 10.1 Å². The van der Waals surface area contributed by atoms with Gasteiger partial charge < -0.3 is 15.0 Å². The molecule has 0 saturated carbocycles. The lowest BCUT2D eigenvalue weighted by Crippen LogP contribution is -2.14. The van der Waals surface area contributed by atoms with E-state index < -0.39 is 0 Å². The maximum atomic E-state index is 5.70. The van der Waals surface area contributed by atoms with Gasteiger partial charge >= 0.3 is 0 Å². The maximum absolute atomic E-state index is 5.70. The van der Waals surface area contributed by atoms with Crippen LogP contribution < -0.4 is 10.5 Å². The van der Waals surface area contributed by atoms with Crippen molar-refractivity contribution in [3.05, 3.63) is 30.2 Å². The Hall–Kier alpha value is -1.88. The summed E-state index contributed by atoms with van der Waals surface area (Å²) in [7, 11) is 1.63. The molecule has 2 rings (SSSR count). The summed E-state index contributed by atoms with van der Waals surface area (Å²) in [4.78, 5) is 4.38. The fourth-order valence-electron chi connectivity index (χ4n) is 1.81. The Balaban J connectivity index is 2.03. The molecule has 0 aliphatic rings. The zero-order chi connectivity index (χ0) is 13.7. The molecule has 102 valence electrons. The second-order valence-corrected chi connectivity index (χ2v) is 4.61. The molecule has 5 nitrogen and oxygen atoms in total. The number of nitrogens with two attached hydrogens (primary N) is 1. The summed E-state index contributed by atoms with van der Waals surface area (Å²) in [6.07, 6.45) is 2.67. The zero-order valence-electron chi connectivity index (χ0n) is 11.3. The smallest absolute Gasteiger partial charge is 0.226 e. The van der Waals surface area contributed by atoms with Gasteiger partial charge in [-0.25, -0.2) is 0 Å². The summed E-state index contributed by atoms with van der Waals surface area (Å²) in [6.45, 7) is 2.00. The van der Waals surface area contributed by atoms with Gasteiger partial charge in [0, 0.05) is 18.0 Å². The normalized spacial score (nSPS) is 12.4. The van der Waals surface area contributed by atoms with Crippen molar-refractivity contribution in [2.75, 3.05) is 7.11 Å². The molecule has 0 spiro atoms. The topological polar surface area (TPSA) is 74.2 Å². The van der Waals surface area contributed by atoms with E-state index in [0.29, 0.717) is 11.7 Å². The molecule has 5 heteroatoms. The first-order valence-electron chi connectivity index (χ1n) is 6.41. The lowest BCUT2D eigenvalue weighted by molar-refractivity contribution is 0.373. The highest BCUT2D eigenvalue weighted by molar-refractivity contribution is 5.56. The molecule has 0 aliphatic carbocycles. The molecular formula is C14H19N3O2. The number of hydrogen-bond donors (Lipinski definition) is 1. The van der Waals surface area contributed by atoms with Crippen molar-refractivity contribution in [3.8, 4) is 17.1 Å². The van der Waals surface area contributed by atoms with Gasteiger partial charge in [-0.15, -0.1) is 0 Å². The van der Waals surface area contributed by atoms with Crippen molar-refractivity contribution in [3.63, 3.8) is 0 Å². The van der Waals surface area contributed by atoms with Gasteiger partial charge in [0.05, 0.1) is 7.11 Å². The van der Waals surface area contributed by atoms with Crippen molar-refractivity contribution in [2.45, 2.75) is 32.2 Å². The van der Waals surface area contributed by atoms with Gasteiger partial charge in [-0.1, -0.05) is 17.3 Å². The molecule has 0 radical (unpaired) electrons. The predicted molar refractivity (Wildman–Crippen MR) is 72.9 cm³/mol. The Morgan fingerprint density at radius 2 is 2.26 bits per heavy atom. The third-order valence-corrected chi connectivity index (χ3v) is 2.85. The minimum atomic E-state index is 0.209. The number of nitrogens with zero attached hydrogens (tertiary/aromatic N) is 2. The Morgan fingerprint density at radius 3 is 3.00 bits per heavy atom. The van der Waals surface area contributed by atoms with Gasteiger partial charge in [-0.3, -0.25) is 0 Å². The number of hydrogen-bond acceptors (Lipinski definition) is 5. The minimum Gasteiger partial charge on any atom is -0.497 e. The molecule has 19 heavy (non-hydrogen) atoms. The van der Waals surface area contributed by atoms with Crippen LogP contribution in [0, 0.1) is 0 Å². The van der Waals surface area contributed by atoms with Crippen LogP contribution in [0.15, 0.2) is 28.8 Å². The molecular weight excluding hydrogens is 242 g/mol. The van der Waals surface area contributed by atoms with Gasteiger partial charge in [0.2, 0.25) is 11.7 Å². The van der Waals surface area contributed by atoms with Crippen molar-refractivity contribution < 1.29 is 9.26 Å². The molecule has 2 aromatic rings. The highest BCUT2D eigenvalue weighted by Gasteiger charge is 2.09. The fraction of sp³-hybridized carbons (Fsp3) is 0.429. The summed E-state index contributed by atoms with van der Waals surface area (Å²) in [5.74, 6) is 2.02. The van der Waals surface area contributed by atoms with Crippen molar-refractivity contribution in [1.29, 1.82) is 0 Å². The second-order valence-electron chi connectivity index (χ2n) is 4.61. The van der Waals surface area contributed by atoms with Crippen molar-refractivity contribution >= 4 is 0 Å². The number of methoxy groups -OCH3 is 1. The number of rotatable bonds is 6. The first kappa shape index (κ1) is 13.5. The highest BCUT2D eigenvalue weighted by atomic mass is 16.5. The van der Waals surface area contributed by atoms with E-state index in [1.54, 1.807) is 7.11 Å². The van der Waals surface area contributed by atoms with Crippen molar-refractivity contribution in [2.24, 2.45) is 5.73 Å². The summed E-state index contributed by atoms with van der Waals surface area (Å²) < 4.78 is 10.4. The molecule has 1 atom stereocenters. The predicted octanol–water partition coefficient (Wildman–Crippen LogP) is 2.42. The number of aromatic nitrogens is 2. The largest absolute Gasteiger partial charge is 0.497 e. The Labute approximate surface area is 112 Å². The molecule has 2 N–H and O–H groups in total. The average molecular weight is 261 g/mol. The third-order valence-electron chi connectivity index (χ3n) is 2.85. The van der Waals surface area contributed by atoms with Crippen LogP contribution in [0.4, 0.5) is 0 Å². The lowest BCUT2D eigenvalue weighted by atomic mass is 10.1. The van der Waals surface area contributed by atoms with Gasteiger partial charge in [0.25, 0.3) is 0 Å². The van der Waals surface area contributed by atoms with Gasteiger partial charge in [0.15, 0.2) is 0 Å². The quantitative estimate of drug-likeness (QED) is 0.864. The SMILES string of the molecule is COc1cccc(-c2noc(CCCC(C)N)n2)c1. The number of benzene rings is 1. The van der Waals surface area contributed by atoms with Crippen LogP contribution >= 0.6 is 0 Å². The van der Waals surface area contributed by atoms with Crippen LogP contribution in [-0.4, -0.2) is 23.3 Å². The Bertz CT molecular complexity index is 523. The molecule has 1 aromatic heterocycles. The monoisotopic (exact) mass is 261 g/mol. The van der Waals surface area contributed by atoms with Crippen LogP contribution in [0.2, 0.25) is 0 Å². The molecule has 0 saturated heterocycles. The lowest BCUT2D eigenvalue weighted by Gasteiger charge is -2.01. The first-order chi connectivity index (χ1) is 9.19. The molecule has 0 fully saturated rings. The van der Waals surface area contributed by atoms with E-state index in [1.165, 1.54) is 0 Å². The maximum Gasteiger partial charge on any atom is 0.226 e. The standard InChI is InChI=1S/C14H19N3O2/c1-10(15)5-3-8-13-16-14(17-19-13)11-6-4-7-12(9-11)18-2/h4,6-7,9-10H,3,5,8,15H2,1-2H3. The van der Waals surface area contributed by atoms with Crippen LogP contribution in [0.5, 0.6) is 5.75 Å². The highest BCUT2D eigenvalue weighted by Crippen LogP contribution is 2.21. The van der Waals surface area contributed by atoms with E-state index >= 15 is 0 Å². The Morgan fingerprint density at radius 1 is 1.42 bits per heavy atom. The molecule has 0 aliphatic heterocycles.